The topological polar surface area (TPSA) is 71.7 Å². The summed E-state index contributed by atoms with van der Waals surface area (Å²) in [6.45, 7) is 0. The van der Waals surface area contributed by atoms with E-state index in [4.69, 9.17) is 16.7 Å². The second-order valence-corrected chi connectivity index (χ2v) is 6.71. The number of fused-ring (bicyclic) bond motifs is 2. The molecule has 6 heteroatoms. The molecule has 0 spiro atoms. The van der Waals surface area contributed by atoms with Gasteiger partial charge in [-0.15, -0.1) is 0 Å². The summed E-state index contributed by atoms with van der Waals surface area (Å²) in [4.78, 5) is 28.7. The minimum absolute atomic E-state index is 0.0640. The third-order valence-corrected chi connectivity index (χ3v) is 4.80. The van der Waals surface area contributed by atoms with E-state index in [1.54, 1.807) is 6.07 Å². The maximum Gasteiger partial charge on any atom is 0.337 e. The molecule has 0 fully saturated rings. The monoisotopic (exact) mass is 366 g/mol. The van der Waals surface area contributed by atoms with E-state index in [9.17, 15) is 9.59 Å². The molecular weight excluding hydrogens is 352 g/mol. The number of carboxylic acid groups (broad SMARTS) is 1. The Balaban J connectivity index is 1.89. The van der Waals surface area contributed by atoms with Crippen molar-refractivity contribution >= 4 is 34.9 Å². The molecule has 0 saturated heterocycles. The number of carbonyl (C=O) groups is 1. The maximum absolute atomic E-state index is 12.9. The van der Waals surface area contributed by atoms with E-state index in [1.165, 1.54) is 16.7 Å². The van der Waals surface area contributed by atoms with Crippen LogP contribution in [0.25, 0.3) is 17.3 Å². The Labute approximate surface area is 154 Å². The van der Waals surface area contributed by atoms with Gasteiger partial charge in [0.25, 0.3) is 5.56 Å². The molecule has 0 radical (unpaired) electrons. The second kappa shape index (κ2) is 6.42. The molecular formula is C20H15ClN2O3. The lowest BCUT2D eigenvalue weighted by atomic mass is 9.91. The first-order valence-electron chi connectivity index (χ1n) is 8.28. The largest absolute Gasteiger partial charge is 0.478 e. The average molecular weight is 367 g/mol. The van der Waals surface area contributed by atoms with Gasteiger partial charge in [0, 0.05) is 16.8 Å². The average Bonchev–Trinajstić information content (AvgIpc) is 2.64. The van der Waals surface area contributed by atoms with Crippen LogP contribution in [0, 0.1) is 0 Å². The van der Waals surface area contributed by atoms with Crippen molar-refractivity contribution in [2.75, 3.05) is 0 Å². The van der Waals surface area contributed by atoms with E-state index < -0.39 is 5.97 Å². The smallest absolute Gasteiger partial charge is 0.337 e. The first kappa shape index (κ1) is 16.5. The Morgan fingerprint density at radius 1 is 1.15 bits per heavy atom. The Bertz CT molecular complexity index is 1110. The summed E-state index contributed by atoms with van der Waals surface area (Å²) in [6.07, 6.45) is 5.70. The number of benzene rings is 1. The first-order valence-corrected chi connectivity index (χ1v) is 8.66. The predicted molar refractivity (Wildman–Crippen MR) is 101 cm³/mol. The molecule has 5 nitrogen and oxygen atoms in total. The van der Waals surface area contributed by atoms with Gasteiger partial charge in [-0.3, -0.25) is 9.20 Å². The van der Waals surface area contributed by atoms with Crippen LogP contribution >= 0.6 is 11.6 Å². The van der Waals surface area contributed by atoms with Crippen LogP contribution in [0.1, 0.15) is 40.0 Å². The second-order valence-electron chi connectivity index (χ2n) is 6.27. The number of aromatic carboxylic acids is 1. The molecule has 0 unspecified atom stereocenters. The van der Waals surface area contributed by atoms with E-state index in [0.717, 1.165) is 24.0 Å². The van der Waals surface area contributed by atoms with Crippen LogP contribution < -0.4 is 5.56 Å². The summed E-state index contributed by atoms with van der Waals surface area (Å²) in [6, 6.07) is 10.5. The van der Waals surface area contributed by atoms with Crippen molar-refractivity contribution in [3.63, 3.8) is 0 Å². The zero-order chi connectivity index (χ0) is 18.3. The maximum atomic E-state index is 12.9. The number of nitrogens with zero attached hydrogens (tertiary/aromatic N) is 2. The van der Waals surface area contributed by atoms with Crippen molar-refractivity contribution in [3.8, 4) is 0 Å². The lowest BCUT2D eigenvalue weighted by molar-refractivity contribution is 0.0696. The number of halogens is 1. The van der Waals surface area contributed by atoms with Gasteiger partial charge in [-0.1, -0.05) is 23.7 Å². The fourth-order valence-electron chi connectivity index (χ4n) is 3.27. The SMILES string of the molecule is O=C(O)c1ccc2nc3c(c(=O)n2c1)CCC/C3=C/c1ccc(Cl)cc1. The van der Waals surface area contributed by atoms with E-state index in [2.05, 4.69) is 4.98 Å². The number of hydrogen-bond acceptors (Lipinski definition) is 3. The Hall–Kier alpha value is -2.92. The summed E-state index contributed by atoms with van der Waals surface area (Å²) in [5, 5.41) is 9.82. The van der Waals surface area contributed by atoms with Crippen molar-refractivity contribution in [1.29, 1.82) is 0 Å². The fraction of sp³-hybridized carbons (Fsp3) is 0.150. The highest BCUT2D eigenvalue weighted by Gasteiger charge is 2.21. The van der Waals surface area contributed by atoms with Gasteiger partial charge in [0.15, 0.2) is 0 Å². The lowest BCUT2D eigenvalue weighted by Gasteiger charge is -2.18. The zero-order valence-electron chi connectivity index (χ0n) is 13.8. The summed E-state index contributed by atoms with van der Waals surface area (Å²) >= 11 is 5.94. The number of aromatic nitrogens is 2. The van der Waals surface area contributed by atoms with E-state index in [-0.39, 0.29) is 11.1 Å². The third-order valence-electron chi connectivity index (χ3n) is 4.55. The number of pyridine rings is 1. The third kappa shape index (κ3) is 2.91. The summed E-state index contributed by atoms with van der Waals surface area (Å²) in [7, 11) is 0. The fourth-order valence-corrected chi connectivity index (χ4v) is 3.39. The number of hydrogen-bond donors (Lipinski definition) is 1. The van der Waals surface area contributed by atoms with E-state index in [0.29, 0.717) is 28.3 Å². The molecule has 4 rings (SSSR count). The van der Waals surface area contributed by atoms with Gasteiger partial charge in [0.05, 0.1) is 11.3 Å². The van der Waals surface area contributed by atoms with Crippen LogP contribution in [0.2, 0.25) is 5.02 Å². The van der Waals surface area contributed by atoms with E-state index in [1.807, 2.05) is 30.3 Å². The van der Waals surface area contributed by atoms with Gasteiger partial charge in [-0.2, -0.15) is 0 Å². The molecule has 1 aliphatic carbocycles. The Morgan fingerprint density at radius 3 is 2.65 bits per heavy atom. The lowest BCUT2D eigenvalue weighted by Crippen LogP contribution is -2.25. The molecule has 1 N–H and O–H groups in total. The quantitative estimate of drug-likeness (QED) is 0.746. The number of rotatable bonds is 2. The molecule has 26 heavy (non-hydrogen) atoms. The predicted octanol–water partition coefficient (Wildman–Crippen LogP) is 3.92. The molecule has 0 amide bonds. The highest BCUT2D eigenvalue weighted by Crippen LogP contribution is 2.30. The van der Waals surface area contributed by atoms with Crippen LogP contribution in [-0.2, 0) is 6.42 Å². The molecule has 3 aromatic rings. The van der Waals surface area contributed by atoms with Crippen molar-refractivity contribution in [1.82, 2.24) is 9.38 Å². The molecule has 0 saturated carbocycles. The van der Waals surface area contributed by atoms with Crippen LogP contribution in [0.3, 0.4) is 0 Å². The summed E-state index contributed by atoms with van der Waals surface area (Å²) in [5.74, 6) is -1.07. The van der Waals surface area contributed by atoms with Crippen LogP contribution in [0.15, 0.2) is 47.4 Å². The van der Waals surface area contributed by atoms with Gasteiger partial charge in [0.2, 0.25) is 0 Å². The molecule has 2 aromatic heterocycles. The van der Waals surface area contributed by atoms with Gasteiger partial charge < -0.3 is 5.11 Å². The molecule has 0 bridgehead atoms. The highest BCUT2D eigenvalue weighted by atomic mass is 35.5. The minimum Gasteiger partial charge on any atom is -0.478 e. The van der Waals surface area contributed by atoms with Gasteiger partial charge in [-0.05, 0) is 60.7 Å². The van der Waals surface area contributed by atoms with Gasteiger partial charge in [0.1, 0.15) is 5.65 Å². The van der Waals surface area contributed by atoms with Gasteiger partial charge in [-0.25, -0.2) is 9.78 Å². The Morgan fingerprint density at radius 2 is 1.92 bits per heavy atom. The molecule has 130 valence electrons. The minimum atomic E-state index is -1.07. The van der Waals surface area contributed by atoms with Gasteiger partial charge >= 0.3 is 5.97 Å². The normalized spacial score (nSPS) is 15.2. The van der Waals surface area contributed by atoms with Crippen molar-refractivity contribution < 1.29 is 9.90 Å². The van der Waals surface area contributed by atoms with Crippen molar-refractivity contribution in [2.45, 2.75) is 19.3 Å². The highest BCUT2D eigenvalue weighted by molar-refractivity contribution is 6.30. The Kier molecular flexibility index (Phi) is 4.09. The summed E-state index contributed by atoms with van der Waals surface area (Å²) in [5.41, 5.74) is 3.67. The van der Waals surface area contributed by atoms with Crippen LogP contribution in [-0.4, -0.2) is 20.5 Å². The van der Waals surface area contributed by atoms with Crippen LogP contribution in [0.4, 0.5) is 0 Å². The van der Waals surface area contributed by atoms with Crippen LogP contribution in [0.5, 0.6) is 0 Å². The molecule has 2 heterocycles. The zero-order valence-corrected chi connectivity index (χ0v) is 14.5. The van der Waals surface area contributed by atoms with Crippen molar-refractivity contribution in [2.24, 2.45) is 0 Å². The van der Waals surface area contributed by atoms with Crippen molar-refractivity contribution in [3.05, 3.63) is 80.4 Å². The molecule has 0 aliphatic heterocycles. The van der Waals surface area contributed by atoms with E-state index >= 15 is 0 Å². The molecule has 1 aliphatic rings. The number of allylic oxidation sites excluding steroid dienone is 1. The summed E-state index contributed by atoms with van der Waals surface area (Å²) < 4.78 is 1.33. The molecule has 0 atom stereocenters. The number of carboxylic acids is 1. The standard InChI is InChI=1S/C20H15ClN2O3/c21-15-7-4-12(5-8-15)10-13-2-1-3-16-18(13)22-17-9-6-14(20(25)26)11-23(17)19(16)24/h4-11H,1-3H2,(H,25,26)/b13-10-. The molecule has 1 aromatic carbocycles. The first-order chi connectivity index (χ1) is 12.5.